The van der Waals surface area contributed by atoms with Crippen molar-refractivity contribution in [2.24, 2.45) is 0 Å². The number of hydrogen-bond donors (Lipinski definition) is 3. The molecule has 0 unspecified atom stereocenters. The van der Waals surface area contributed by atoms with Gasteiger partial charge < -0.3 is 5.11 Å². The fourth-order valence-corrected chi connectivity index (χ4v) is 2.72. The topological polar surface area (TPSA) is 139 Å². The Morgan fingerprint density at radius 2 is 1.88 bits per heavy atom. The van der Waals surface area contributed by atoms with E-state index in [1.807, 2.05) is 10.3 Å². The van der Waals surface area contributed by atoms with Crippen LogP contribution in [-0.2, 0) is 10.0 Å². The Balaban J connectivity index is 2.20. The SMILES string of the molecule is Cc1ccc(S(=O)(=O)NNC(=O)c2ccccc2O)cc1[N+](=O)[O-]. The molecule has 0 aromatic heterocycles. The van der Waals surface area contributed by atoms with Gasteiger partial charge in [-0.25, -0.2) is 8.42 Å². The van der Waals surface area contributed by atoms with Gasteiger partial charge in [0.15, 0.2) is 0 Å². The maximum absolute atomic E-state index is 12.1. The van der Waals surface area contributed by atoms with E-state index >= 15 is 0 Å². The zero-order valence-electron chi connectivity index (χ0n) is 12.4. The number of nitro groups is 1. The minimum absolute atomic E-state index is 0.130. The van der Waals surface area contributed by atoms with Gasteiger partial charge in [-0.2, -0.15) is 0 Å². The highest BCUT2D eigenvalue weighted by Gasteiger charge is 2.21. The monoisotopic (exact) mass is 351 g/mol. The number of carbonyl (C=O) groups is 1. The summed E-state index contributed by atoms with van der Waals surface area (Å²) in [4.78, 5) is 23.5. The molecule has 0 saturated heterocycles. The van der Waals surface area contributed by atoms with Crippen LogP contribution >= 0.6 is 0 Å². The van der Waals surface area contributed by atoms with Crippen molar-refractivity contribution in [1.29, 1.82) is 0 Å². The molecule has 0 aliphatic heterocycles. The first-order valence-electron chi connectivity index (χ1n) is 6.57. The van der Waals surface area contributed by atoms with Crippen LogP contribution in [0, 0.1) is 17.0 Å². The lowest BCUT2D eigenvalue weighted by Crippen LogP contribution is -2.41. The Morgan fingerprint density at radius 3 is 2.50 bits per heavy atom. The van der Waals surface area contributed by atoms with Crippen LogP contribution in [0.15, 0.2) is 47.4 Å². The first kappa shape index (κ1) is 17.4. The van der Waals surface area contributed by atoms with Gasteiger partial charge in [0.1, 0.15) is 5.75 Å². The zero-order chi connectivity index (χ0) is 17.9. The second-order valence-corrected chi connectivity index (χ2v) is 6.46. The Bertz CT molecular complexity index is 910. The molecule has 0 fully saturated rings. The van der Waals surface area contributed by atoms with Gasteiger partial charge in [-0.15, -0.1) is 4.83 Å². The molecule has 1 amide bonds. The lowest BCUT2D eigenvalue weighted by molar-refractivity contribution is -0.385. The van der Waals surface area contributed by atoms with Crippen LogP contribution in [0.1, 0.15) is 15.9 Å². The summed E-state index contributed by atoms with van der Waals surface area (Å²) < 4.78 is 24.3. The van der Waals surface area contributed by atoms with Gasteiger partial charge in [0.05, 0.1) is 15.4 Å². The third kappa shape index (κ3) is 3.67. The summed E-state index contributed by atoms with van der Waals surface area (Å²) in [5.41, 5.74) is 1.75. The summed E-state index contributed by atoms with van der Waals surface area (Å²) in [7, 11) is -4.22. The molecule has 2 aromatic carbocycles. The molecule has 0 saturated carbocycles. The van der Waals surface area contributed by atoms with Crippen LogP contribution < -0.4 is 10.3 Å². The predicted molar refractivity (Wildman–Crippen MR) is 83.7 cm³/mol. The van der Waals surface area contributed by atoms with Crippen molar-refractivity contribution in [3.05, 3.63) is 63.7 Å². The number of benzene rings is 2. The van der Waals surface area contributed by atoms with Crippen molar-refractivity contribution in [2.75, 3.05) is 0 Å². The molecule has 0 atom stereocenters. The largest absolute Gasteiger partial charge is 0.507 e. The molecule has 2 rings (SSSR count). The first-order valence-corrected chi connectivity index (χ1v) is 8.06. The summed E-state index contributed by atoms with van der Waals surface area (Å²) >= 11 is 0. The van der Waals surface area contributed by atoms with E-state index in [2.05, 4.69) is 0 Å². The molecule has 126 valence electrons. The standard InChI is InChI=1S/C14H13N3O6S/c1-9-6-7-10(8-12(9)17(20)21)24(22,23)16-15-14(19)11-4-2-3-5-13(11)18/h2-8,16,18H,1H3,(H,15,19). The molecular weight excluding hydrogens is 338 g/mol. The highest BCUT2D eigenvalue weighted by molar-refractivity contribution is 7.89. The average molecular weight is 351 g/mol. The van der Waals surface area contributed by atoms with E-state index in [1.54, 1.807) is 0 Å². The Hall–Kier alpha value is -2.98. The van der Waals surface area contributed by atoms with E-state index in [9.17, 15) is 28.4 Å². The number of hydrazine groups is 1. The van der Waals surface area contributed by atoms with Gasteiger partial charge >= 0.3 is 0 Å². The Labute approximate surface area is 137 Å². The normalized spacial score (nSPS) is 11.0. The van der Waals surface area contributed by atoms with E-state index < -0.39 is 20.9 Å². The number of para-hydroxylation sites is 1. The molecule has 10 heteroatoms. The summed E-state index contributed by atoms with van der Waals surface area (Å²) in [6.07, 6.45) is 0. The number of rotatable bonds is 5. The number of hydrogen-bond acceptors (Lipinski definition) is 6. The van der Waals surface area contributed by atoms with Crippen molar-refractivity contribution in [3.63, 3.8) is 0 Å². The van der Waals surface area contributed by atoms with Gasteiger partial charge in [-0.3, -0.25) is 20.3 Å². The van der Waals surface area contributed by atoms with Crippen molar-refractivity contribution in [2.45, 2.75) is 11.8 Å². The molecule has 0 aliphatic rings. The van der Waals surface area contributed by atoms with Crippen molar-refractivity contribution in [3.8, 4) is 5.75 Å². The quantitative estimate of drug-likeness (QED) is 0.547. The summed E-state index contributed by atoms with van der Waals surface area (Å²) in [6.45, 7) is 1.47. The van der Waals surface area contributed by atoms with E-state index in [0.29, 0.717) is 5.56 Å². The summed E-state index contributed by atoms with van der Waals surface area (Å²) in [5.74, 6) is -1.20. The lowest BCUT2D eigenvalue weighted by atomic mass is 10.2. The fraction of sp³-hybridized carbons (Fsp3) is 0.0714. The van der Waals surface area contributed by atoms with E-state index in [-0.39, 0.29) is 21.9 Å². The molecule has 0 bridgehead atoms. The maximum atomic E-state index is 12.1. The molecular formula is C14H13N3O6S. The lowest BCUT2D eigenvalue weighted by Gasteiger charge is -2.09. The van der Waals surface area contributed by atoms with Crippen LogP contribution in [-0.4, -0.2) is 24.4 Å². The van der Waals surface area contributed by atoms with Gasteiger partial charge in [0, 0.05) is 11.6 Å². The number of aryl methyl sites for hydroxylation is 1. The van der Waals surface area contributed by atoms with Crippen LogP contribution in [0.5, 0.6) is 5.75 Å². The number of amides is 1. The second kappa shape index (κ2) is 6.64. The smallest absolute Gasteiger partial charge is 0.273 e. The van der Waals surface area contributed by atoms with Crippen molar-refractivity contribution >= 4 is 21.6 Å². The molecule has 0 spiro atoms. The van der Waals surface area contributed by atoms with Gasteiger partial charge in [-0.1, -0.05) is 18.2 Å². The van der Waals surface area contributed by atoms with Crippen LogP contribution in [0.4, 0.5) is 5.69 Å². The molecule has 9 nitrogen and oxygen atoms in total. The van der Waals surface area contributed by atoms with Crippen LogP contribution in [0.3, 0.4) is 0 Å². The second-order valence-electron chi connectivity index (χ2n) is 4.78. The van der Waals surface area contributed by atoms with Crippen LogP contribution in [0.2, 0.25) is 0 Å². The van der Waals surface area contributed by atoms with Crippen molar-refractivity contribution in [1.82, 2.24) is 10.3 Å². The van der Waals surface area contributed by atoms with Crippen molar-refractivity contribution < 1.29 is 23.2 Å². The predicted octanol–water partition coefficient (Wildman–Crippen LogP) is 1.23. The Kier molecular flexibility index (Phi) is 4.81. The average Bonchev–Trinajstić information content (AvgIpc) is 2.53. The number of carbonyl (C=O) groups excluding carboxylic acids is 1. The maximum Gasteiger partial charge on any atom is 0.273 e. The number of sulfonamides is 1. The summed E-state index contributed by atoms with van der Waals surface area (Å²) in [5, 5.41) is 20.4. The third-order valence-corrected chi connectivity index (χ3v) is 4.38. The third-order valence-electron chi connectivity index (χ3n) is 3.14. The highest BCUT2D eigenvalue weighted by Crippen LogP contribution is 2.22. The van der Waals surface area contributed by atoms with E-state index in [1.165, 1.54) is 43.3 Å². The molecule has 0 heterocycles. The minimum atomic E-state index is -4.22. The number of phenols is 1. The molecule has 2 aromatic rings. The Morgan fingerprint density at radius 1 is 1.21 bits per heavy atom. The highest BCUT2D eigenvalue weighted by atomic mass is 32.2. The zero-order valence-corrected chi connectivity index (χ0v) is 13.2. The van der Waals surface area contributed by atoms with Gasteiger partial charge in [0.2, 0.25) is 0 Å². The fourth-order valence-electron chi connectivity index (χ4n) is 1.86. The number of phenolic OH excluding ortho intramolecular Hbond substituents is 1. The molecule has 24 heavy (non-hydrogen) atoms. The summed E-state index contributed by atoms with van der Waals surface area (Å²) in [6, 6.07) is 8.93. The number of nitro benzene ring substituents is 1. The minimum Gasteiger partial charge on any atom is -0.507 e. The number of nitrogens with zero attached hydrogens (tertiary/aromatic N) is 1. The first-order chi connectivity index (χ1) is 11.2. The van der Waals surface area contributed by atoms with E-state index in [4.69, 9.17) is 0 Å². The molecule has 0 radical (unpaired) electrons. The molecule has 0 aliphatic carbocycles. The number of nitrogens with one attached hydrogen (secondary N) is 2. The van der Waals surface area contributed by atoms with Crippen LogP contribution in [0.25, 0.3) is 0 Å². The van der Waals surface area contributed by atoms with E-state index in [0.717, 1.165) is 6.07 Å². The van der Waals surface area contributed by atoms with Gasteiger partial charge in [0.25, 0.3) is 21.6 Å². The van der Waals surface area contributed by atoms with Gasteiger partial charge in [-0.05, 0) is 25.1 Å². The number of aromatic hydroxyl groups is 1. The molecule has 3 N–H and O–H groups in total.